The van der Waals surface area contributed by atoms with Crippen molar-refractivity contribution in [3.8, 4) is 17.2 Å². The number of anilines is 1. The van der Waals surface area contributed by atoms with Gasteiger partial charge in [-0.15, -0.1) is 0 Å². The van der Waals surface area contributed by atoms with Crippen LogP contribution in [-0.2, 0) is 51.3 Å². The van der Waals surface area contributed by atoms with Crippen LogP contribution in [0.5, 0.6) is 17.2 Å². The smallest absolute Gasteiger partial charge is 0.543 e. The molecule has 59 heavy (non-hydrogen) atoms. The summed E-state index contributed by atoms with van der Waals surface area (Å²) in [5.41, 5.74) is 15.8. The van der Waals surface area contributed by atoms with E-state index in [-0.39, 0.29) is 66.7 Å². The summed E-state index contributed by atoms with van der Waals surface area (Å²) in [6.45, 7) is 8.69. The molecule has 1 aliphatic carbocycles. The van der Waals surface area contributed by atoms with Crippen LogP contribution in [0.1, 0.15) is 74.9 Å². The van der Waals surface area contributed by atoms with Gasteiger partial charge in [-0.25, -0.2) is 9.59 Å². The van der Waals surface area contributed by atoms with Gasteiger partial charge in [0.1, 0.15) is 23.2 Å². The first-order valence-corrected chi connectivity index (χ1v) is 18.1. The molecule has 1 saturated carbocycles. The molecule has 1 aliphatic heterocycles. The average molecular weight is 1010 g/mol. The fraction of sp³-hybridized carbons (Fsp3) is 0.462. The maximum absolute atomic E-state index is 13.0. The zero-order chi connectivity index (χ0) is 43.6. The number of aliphatic hydroxyl groups excluding tert-OH is 1. The Morgan fingerprint density at radius 2 is 1.61 bits per heavy atom. The summed E-state index contributed by atoms with van der Waals surface area (Å²) in [7, 11) is 1.37. The van der Waals surface area contributed by atoms with Gasteiger partial charge in [-0.05, 0) is 89.8 Å². The largest absolute Gasteiger partial charge is 4.00 e. The number of hydrogen-bond donors (Lipinski definition) is 7. The molecule has 2 amide bonds. The number of carboxylic acid groups (broad SMARTS) is 2. The zero-order valence-corrected chi connectivity index (χ0v) is 35.5. The minimum absolute atomic E-state index is 0. The van der Waals surface area contributed by atoms with Gasteiger partial charge in [0.05, 0.1) is 22.9 Å². The van der Waals surface area contributed by atoms with E-state index in [1.807, 2.05) is 19.9 Å². The van der Waals surface area contributed by atoms with E-state index in [1.54, 1.807) is 20.8 Å². The van der Waals surface area contributed by atoms with Gasteiger partial charge in [0, 0.05) is 30.3 Å². The summed E-state index contributed by atoms with van der Waals surface area (Å²) in [6, 6.07) is 7.68. The zero-order valence-electron chi connectivity index (χ0n) is 33.3. The molecule has 2 heterocycles. The maximum Gasteiger partial charge on any atom is 4.00 e. The van der Waals surface area contributed by atoms with Crippen LogP contribution in [0.3, 0.4) is 0 Å². The van der Waals surface area contributed by atoms with Gasteiger partial charge in [-0.1, -0.05) is 24.5 Å². The van der Waals surface area contributed by atoms with Gasteiger partial charge in [0.2, 0.25) is 6.29 Å². The molecule has 10 N–H and O–H groups in total. The molecule has 2 fully saturated rings. The van der Waals surface area contributed by atoms with Crippen LogP contribution in [0.2, 0.25) is 0 Å². The Morgan fingerprint density at radius 3 is 2.12 bits per heavy atom. The number of aromatic hydroxyl groups is 2. The molecule has 2 aromatic carbocycles. The molecule has 1 saturated heterocycles. The fourth-order valence-electron chi connectivity index (χ4n) is 6.25. The SMILES string of the molecule is COC1C(OC(N)=O)C(O)C(Oc2ccc3c(O)c(NC(=O)c4ccc(O)c(CC=C(C)C)c4)c(=O)oc3c2C)OC1(C)C.N[C@@H]1CCCC[C@H]1N.O=C([O-])C(=O)[O-].[Pt+4]. The van der Waals surface area contributed by atoms with E-state index < -0.39 is 71.2 Å². The van der Waals surface area contributed by atoms with Gasteiger partial charge in [-0.2, -0.15) is 0 Å². The topological polar surface area (TPSA) is 332 Å². The molecule has 2 aliphatic rings. The predicted molar refractivity (Wildman–Crippen MR) is 203 cm³/mol. The van der Waals surface area contributed by atoms with Crippen molar-refractivity contribution in [3.63, 3.8) is 0 Å². The standard InChI is InChI=1S/C31H36N2O11.C6H14N2.C2H2O4.Pt/c1-14(2)7-8-16-13-17(9-11-19(16)34)27(37)33-21-22(35)18-10-12-20(15(3)24(18)42-28(21)38)41-29-23(36)25(43-30(32)39)26(40-6)31(4,5)44-29;7-5-3-1-2-4-6(5)8;3-1(4)2(5)6;/h7,9-13,23,25-26,29,34-36H,8H2,1-6H3,(H2,32,39)(H,33,37);5-6H,1-4,7-8H2;(H,3,4)(H,5,6);/q;;;+4/p-2/t;5-,6-;;/m.1../s1. The van der Waals surface area contributed by atoms with Crippen LogP contribution in [0.4, 0.5) is 10.5 Å². The summed E-state index contributed by atoms with van der Waals surface area (Å²) in [5.74, 6) is -5.46. The van der Waals surface area contributed by atoms with Crippen molar-refractivity contribution in [1.82, 2.24) is 0 Å². The predicted octanol–water partition coefficient (Wildman–Crippen LogP) is 0.326. The van der Waals surface area contributed by atoms with Crippen molar-refractivity contribution in [1.29, 1.82) is 0 Å². The first-order valence-electron chi connectivity index (χ1n) is 18.1. The molecule has 6 atom stereocenters. The normalized spacial score (nSPS) is 21.8. The number of carbonyl (C=O) groups excluding carboxylic acids is 4. The molecule has 19 nitrogen and oxygen atoms in total. The number of phenolic OH excluding ortho intramolecular Hbond substituents is 1. The Balaban J connectivity index is 0.000000677. The Hall–Kier alpha value is -5.04. The second kappa shape index (κ2) is 21.8. The molecule has 3 aromatic rings. The molecular formula is C39H50N4O15Pt+2. The second-order valence-corrected chi connectivity index (χ2v) is 14.4. The van der Waals surface area contributed by atoms with Crippen molar-refractivity contribution in [2.75, 3.05) is 12.4 Å². The van der Waals surface area contributed by atoms with E-state index in [0.717, 1.165) is 18.4 Å². The minimum atomic E-state index is -2.19. The third kappa shape index (κ3) is 13.2. The number of rotatable bonds is 8. The number of methoxy groups -OCH3 is 1. The van der Waals surface area contributed by atoms with Crippen LogP contribution in [0.15, 0.2) is 51.2 Å². The molecule has 5 rings (SSSR count). The Morgan fingerprint density at radius 1 is 1.02 bits per heavy atom. The number of carbonyl (C=O) groups is 4. The van der Waals surface area contributed by atoms with Crippen LogP contribution in [0.25, 0.3) is 11.0 Å². The Labute approximate surface area is 353 Å². The molecule has 0 bridgehead atoms. The van der Waals surface area contributed by atoms with Gasteiger partial charge in [-0.3, -0.25) is 4.79 Å². The first kappa shape index (κ1) is 50.1. The van der Waals surface area contributed by atoms with E-state index in [2.05, 4.69) is 5.32 Å². The summed E-state index contributed by atoms with van der Waals surface area (Å²) < 4.78 is 27.9. The number of aliphatic carboxylic acids is 2. The second-order valence-electron chi connectivity index (χ2n) is 14.4. The van der Waals surface area contributed by atoms with Gasteiger partial charge in [0.15, 0.2) is 23.6 Å². The van der Waals surface area contributed by atoms with Gasteiger partial charge >= 0.3 is 32.8 Å². The van der Waals surface area contributed by atoms with Crippen LogP contribution in [0, 0.1) is 6.92 Å². The summed E-state index contributed by atoms with van der Waals surface area (Å²) in [6.07, 6.45) is 0.990. The molecule has 0 spiro atoms. The number of fused-ring (bicyclic) bond motifs is 1. The number of primary amides is 1. The monoisotopic (exact) mass is 1010 g/mol. The van der Waals surface area contributed by atoms with Crippen molar-refractivity contribution in [3.05, 3.63) is 69.1 Å². The minimum Gasteiger partial charge on any atom is -0.543 e. The van der Waals surface area contributed by atoms with Crippen LogP contribution in [-0.4, -0.2) is 88.7 Å². The Kier molecular flexibility index (Phi) is 18.5. The number of allylic oxidation sites excluding steroid dienone is 2. The molecule has 4 unspecified atom stereocenters. The molecule has 0 radical (unpaired) electrons. The summed E-state index contributed by atoms with van der Waals surface area (Å²) in [4.78, 5) is 55.3. The van der Waals surface area contributed by atoms with Gasteiger partial charge in [0.25, 0.3) is 5.91 Å². The number of benzene rings is 2. The van der Waals surface area contributed by atoms with Crippen LogP contribution >= 0.6 is 0 Å². The molecule has 324 valence electrons. The number of aliphatic hydroxyl groups is 1. The maximum atomic E-state index is 13.0. The van der Waals surface area contributed by atoms with Crippen molar-refractivity contribution in [2.45, 2.75) is 109 Å². The third-order valence-corrected chi connectivity index (χ3v) is 9.37. The van der Waals surface area contributed by atoms with Gasteiger partial charge < -0.3 is 81.0 Å². The van der Waals surface area contributed by atoms with E-state index in [1.165, 1.54) is 50.3 Å². The van der Waals surface area contributed by atoms with E-state index in [0.29, 0.717) is 12.0 Å². The fourth-order valence-corrected chi connectivity index (χ4v) is 6.25. The molecular weight excluding hydrogens is 960 g/mol. The van der Waals surface area contributed by atoms with Crippen molar-refractivity contribution >= 4 is 40.6 Å². The molecule has 20 heteroatoms. The van der Waals surface area contributed by atoms with Crippen molar-refractivity contribution < 1.29 is 89.1 Å². The number of ether oxygens (including phenoxy) is 4. The number of nitrogens with two attached hydrogens (primary N) is 3. The van der Waals surface area contributed by atoms with Crippen molar-refractivity contribution in [2.24, 2.45) is 17.2 Å². The van der Waals surface area contributed by atoms with E-state index >= 15 is 0 Å². The molecule has 1 aromatic heterocycles. The Bertz CT molecular complexity index is 2050. The number of phenols is 1. The number of carboxylic acids is 2. The average Bonchev–Trinajstić information content (AvgIpc) is 3.14. The number of hydrogen-bond acceptors (Lipinski definition) is 17. The number of aryl methyl sites for hydroxylation is 1. The number of amides is 2. The number of nitrogens with one attached hydrogen (secondary N) is 1. The third-order valence-electron chi connectivity index (χ3n) is 9.37. The summed E-state index contributed by atoms with van der Waals surface area (Å²) >= 11 is 0. The summed E-state index contributed by atoms with van der Waals surface area (Å²) in [5, 5.41) is 52.4. The first-order chi connectivity index (χ1) is 27.1. The van der Waals surface area contributed by atoms with E-state index in [9.17, 15) is 29.7 Å². The van der Waals surface area contributed by atoms with E-state index in [4.69, 9.17) is 60.4 Å². The quantitative estimate of drug-likeness (QED) is 0.0908. The van der Waals surface area contributed by atoms with Crippen LogP contribution < -0.4 is 43.1 Å².